The molecule has 6 heteroatoms. The van der Waals surface area contributed by atoms with Crippen molar-refractivity contribution < 1.29 is 14.0 Å². The number of likely N-dealkylation sites (N-methyl/N-ethyl adjacent to an activating group) is 1. The van der Waals surface area contributed by atoms with Gasteiger partial charge in [-0.1, -0.05) is 18.2 Å². The number of hydrogen-bond acceptors (Lipinski definition) is 3. The van der Waals surface area contributed by atoms with Gasteiger partial charge in [0.2, 0.25) is 11.8 Å². The lowest BCUT2D eigenvalue weighted by molar-refractivity contribution is -0.117. The van der Waals surface area contributed by atoms with Gasteiger partial charge in [-0.25, -0.2) is 4.39 Å². The summed E-state index contributed by atoms with van der Waals surface area (Å²) in [6.07, 6.45) is 0.784. The standard InChI is InChI=1S/C20H22FN3O2/c1-14(25)24-10-9-15-11-17(7-8-19(15)24)22-20(26)13-23(2)12-16-5-3-4-6-18(16)21/h3-8,11H,9-10,12-13H2,1-2H3,(H,22,26). The van der Waals surface area contributed by atoms with Gasteiger partial charge in [0.05, 0.1) is 6.54 Å². The lowest BCUT2D eigenvalue weighted by Gasteiger charge is -2.17. The van der Waals surface area contributed by atoms with Crippen molar-refractivity contribution in [1.82, 2.24) is 4.90 Å². The minimum atomic E-state index is -0.270. The van der Waals surface area contributed by atoms with E-state index in [1.54, 1.807) is 48.0 Å². The topological polar surface area (TPSA) is 52.7 Å². The van der Waals surface area contributed by atoms with E-state index in [2.05, 4.69) is 5.32 Å². The predicted octanol–water partition coefficient (Wildman–Crippen LogP) is 2.81. The first kappa shape index (κ1) is 18.1. The van der Waals surface area contributed by atoms with Gasteiger partial charge in [0.1, 0.15) is 5.82 Å². The average Bonchev–Trinajstić information content (AvgIpc) is 3.00. The Kier molecular flexibility index (Phi) is 5.32. The fourth-order valence-electron chi connectivity index (χ4n) is 3.23. The Hall–Kier alpha value is -2.73. The molecule has 0 atom stereocenters. The van der Waals surface area contributed by atoms with E-state index in [4.69, 9.17) is 0 Å². The number of rotatable bonds is 5. The molecule has 1 aliphatic rings. The number of anilines is 2. The summed E-state index contributed by atoms with van der Waals surface area (Å²) in [4.78, 5) is 27.4. The van der Waals surface area contributed by atoms with Gasteiger partial charge in [0.15, 0.2) is 0 Å². The first-order valence-electron chi connectivity index (χ1n) is 8.57. The van der Waals surface area contributed by atoms with E-state index in [9.17, 15) is 14.0 Å². The molecule has 0 aliphatic carbocycles. The summed E-state index contributed by atoms with van der Waals surface area (Å²) in [7, 11) is 1.78. The quantitative estimate of drug-likeness (QED) is 0.897. The smallest absolute Gasteiger partial charge is 0.238 e. The summed E-state index contributed by atoms with van der Waals surface area (Å²) in [5, 5.41) is 2.87. The molecule has 1 heterocycles. The fourth-order valence-corrected chi connectivity index (χ4v) is 3.23. The second-order valence-electron chi connectivity index (χ2n) is 6.58. The van der Waals surface area contributed by atoms with Crippen molar-refractivity contribution in [2.75, 3.05) is 30.4 Å². The normalized spacial score (nSPS) is 13.0. The van der Waals surface area contributed by atoms with Crippen molar-refractivity contribution in [2.45, 2.75) is 19.9 Å². The molecule has 5 nitrogen and oxygen atoms in total. The molecule has 2 aromatic carbocycles. The van der Waals surface area contributed by atoms with Crippen molar-refractivity contribution in [3.05, 3.63) is 59.4 Å². The van der Waals surface area contributed by atoms with E-state index in [0.717, 1.165) is 17.7 Å². The highest BCUT2D eigenvalue weighted by atomic mass is 19.1. The van der Waals surface area contributed by atoms with Crippen LogP contribution in [-0.2, 0) is 22.6 Å². The number of benzene rings is 2. The van der Waals surface area contributed by atoms with Crippen molar-refractivity contribution >= 4 is 23.2 Å². The summed E-state index contributed by atoms with van der Waals surface area (Å²) in [6, 6.07) is 12.1. The number of nitrogens with one attached hydrogen (secondary N) is 1. The molecule has 2 amide bonds. The fraction of sp³-hybridized carbons (Fsp3) is 0.300. The highest BCUT2D eigenvalue weighted by Gasteiger charge is 2.22. The summed E-state index contributed by atoms with van der Waals surface area (Å²) >= 11 is 0. The van der Waals surface area contributed by atoms with E-state index in [1.165, 1.54) is 6.07 Å². The molecule has 0 fully saturated rings. The molecule has 0 saturated carbocycles. The number of halogens is 1. The second kappa shape index (κ2) is 7.66. The van der Waals surface area contributed by atoms with E-state index < -0.39 is 0 Å². The third kappa shape index (κ3) is 4.08. The van der Waals surface area contributed by atoms with Crippen LogP contribution in [0, 0.1) is 5.82 Å². The maximum absolute atomic E-state index is 13.7. The molecule has 2 aromatic rings. The monoisotopic (exact) mass is 355 g/mol. The van der Waals surface area contributed by atoms with Crippen LogP contribution in [-0.4, -0.2) is 36.9 Å². The Morgan fingerprint density at radius 1 is 1.23 bits per heavy atom. The van der Waals surface area contributed by atoms with Crippen molar-refractivity contribution in [1.29, 1.82) is 0 Å². The maximum atomic E-state index is 13.7. The first-order chi connectivity index (χ1) is 12.4. The Balaban J connectivity index is 1.59. The zero-order chi connectivity index (χ0) is 18.7. The summed E-state index contributed by atoms with van der Waals surface area (Å²) < 4.78 is 13.7. The highest BCUT2D eigenvalue weighted by molar-refractivity contribution is 5.96. The third-order valence-electron chi connectivity index (χ3n) is 4.45. The van der Waals surface area contributed by atoms with Crippen LogP contribution in [0.4, 0.5) is 15.8 Å². The lowest BCUT2D eigenvalue weighted by atomic mass is 10.1. The van der Waals surface area contributed by atoms with E-state index in [0.29, 0.717) is 24.3 Å². The molecule has 0 bridgehead atoms. The Morgan fingerprint density at radius 2 is 2.00 bits per heavy atom. The van der Waals surface area contributed by atoms with Gasteiger partial charge in [-0.15, -0.1) is 0 Å². The molecule has 0 aromatic heterocycles. The second-order valence-corrected chi connectivity index (χ2v) is 6.58. The molecular formula is C20H22FN3O2. The number of nitrogens with zero attached hydrogens (tertiary/aromatic N) is 2. The van der Waals surface area contributed by atoms with Gasteiger partial charge in [-0.3, -0.25) is 14.5 Å². The largest absolute Gasteiger partial charge is 0.325 e. The molecule has 1 N–H and O–H groups in total. The molecule has 3 rings (SSSR count). The van der Waals surface area contributed by atoms with Gasteiger partial charge in [-0.2, -0.15) is 0 Å². The van der Waals surface area contributed by atoms with Crippen LogP contribution in [0.3, 0.4) is 0 Å². The number of carbonyl (C=O) groups excluding carboxylic acids is 2. The first-order valence-corrected chi connectivity index (χ1v) is 8.57. The van der Waals surface area contributed by atoms with E-state index in [1.807, 2.05) is 12.1 Å². The van der Waals surface area contributed by atoms with Crippen LogP contribution in [0.15, 0.2) is 42.5 Å². The molecular weight excluding hydrogens is 333 g/mol. The van der Waals surface area contributed by atoms with Crippen molar-refractivity contribution in [2.24, 2.45) is 0 Å². The number of amides is 2. The minimum Gasteiger partial charge on any atom is -0.325 e. The maximum Gasteiger partial charge on any atom is 0.238 e. The van der Waals surface area contributed by atoms with E-state index in [-0.39, 0.29) is 24.2 Å². The molecule has 0 saturated heterocycles. The predicted molar refractivity (Wildman–Crippen MR) is 99.5 cm³/mol. The van der Waals surface area contributed by atoms with Gasteiger partial charge >= 0.3 is 0 Å². The Morgan fingerprint density at radius 3 is 2.73 bits per heavy atom. The van der Waals surface area contributed by atoms with Crippen molar-refractivity contribution in [3.63, 3.8) is 0 Å². The summed E-state index contributed by atoms with van der Waals surface area (Å²) in [5.41, 5.74) is 3.23. The highest BCUT2D eigenvalue weighted by Crippen LogP contribution is 2.30. The number of fused-ring (bicyclic) bond motifs is 1. The molecule has 0 radical (unpaired) electrons. The molecule has 1 aliphatic heterocycles. The van der Waals surface area contributed by atoms with Crippen LogP contribution in [0.2, 0.25) is 0 Å². The zero-order valence-electron chi connectivity index (χ0n) is 15.0. The van der Waals surface area contributed by atoms with Crippen LogP contribution >= 0.6 is 0 Å². The Labute approximate surface area is 152 Å². The number of hydrogen-bond donors (Lipinski definition) is 1. The van der Waals surface area contributed by atoms with Crippen LogP contribution in [0.5, 0.6) is 0 Å². The Bertz CT molecular complexity index is 838. The molecule has 0 spiro atoms. The van der Waals surface area contributed by atoms with Gasteiger partial charge < -0.3 is 10.2 Å². The third-order valence-corrected chi connectivity index (χ3v) is 4.45. The van der Waals surface area contributed by atoms with Gasteiger partial charge in [0.25, 0.3) is 0 Å². The van der Waals surface area contributed by atoms with Crippen LogP contribution in [0.1, 0.15) is 18.1 Å². The minimum absolute atomic E-state index is 0.0234. The van der Waals surface area contributed by atoms with Crippen LogP contribution < -0.4 is 10.2 Å². The average molecular weight is 355 g/mol. The number of carbonyl (C=O) groups is 2. The van der Waals surface area contributed by atoms with E-state index >= 15 is 0 Å². The van der Waals surface area contributed by atoms with Gasteiger partial charge in [-0.05, 0) is 43.3 Å². The summed E-state index contributed by atoms with van der Waals surface area (Å²) in [6.45, 7) is 2.74. The van der Waals surface area contributed by atoms with Crippen LogP contribution in [0.25, 0.3) is 0 Å². The summed E-state index contributed by atoms with van der Waals surface area (Å²) in [5.74, 6) is -0.408. The molecule has 136 valence electrons. The van der Waals surface area contributed by atoms with Gasteiger partial charge in [0, 0.05) is 37.0 Å². The molecule has 26 heavy (non-hydrogen) atoms. The van der Waals surface area contributed by atoms with Crippen molar-refractivity contribution in [3.8, 4) is 0 Å². The zero-order valence-corrected chi connectivity index (χ0v) is 15.0. The SMILES string of the molecule is CC(=O)N1CCc2cc(NC(=O)CN(C)Cc3ccccc3F)ccc21. The lowest BCUT2D eigenvalue weighted by Crippen LogP contribution is -2.30. The molecule has 0 unspecified atom stereocenters.